The van der Waals surface area contributed by atoms with E-state index < -0.39 is 0 Å². The van der Waals surface area contributed by atoms with Crippen molar-refractivity contribution in [2.24, 2.45) is 0 Å². The lowest BCUT2D eigenvalue weighted by molar-refractivity contribution is -0.116. The molecular weight excluding hydrogens is 424 g/mol. The highest BCUT2D eigenvalue weighted by atomic mass is 35.5. The zero-order chi connectivity index (χ0) is 22.5. The largest absolute Gasteiger partial charge is 0.360 e. The molecule has 1 amide bonds. The van der Waals surface area contributed by atoms with E-state index in [-0.39, 0.29) is 5.91 Å². The number of aromatic amines is 1. The molecular formula is C24H25ClN6O. The van der Waals surface area contributed by atoms with Crippen LogP contribution in [-0.2, 0) is 4.79 Å². The number of halogens is 1. The number of anilines is 3. The molecule has 2 aromatic carbocycles. The van der Waals surface area contributed by atoms with Gasteiger partial charge in [0.05, 0.1) is 16.9 Å². The summed E-state index contributed by atoms with van der Waals surface area (Å²) in [5.41, 5.74) is 4.06. The van der Waals surface area contributed by atoms with Gasteiger partial charge in [0.15, 0.2) is 0 Å². The number of H-pyrrole nitrogens is 1. The SMILES string of the molecule is CN(C)CCCC(=O)Nc1cccc(Nc2ncc(Cl)c(-c3c[nH]c4ccccc34)n2)c1. The lowest BCUT2D eigenvalue weighted by Gasteiger charge is -2.11. The van der Waals surface area contributed by atoms with Gasteiger partial charge < -0.3 is 20.5 Å². The smallest absolute Gasteiger partial charge is 0.227 e. The fraction of sp³-hybridized carbons (Fsp3) is 0.208. The minimum absolute atomic E-state index is 0.00614. The van der Waals surface area contributed by atoms with Crippen LogP contribution in [0.25, 0.3) is 22.2 Å². The molecule has 4 aromatic rings. The highest BCUT2D eigenvalue weighted by Crippen LogP contribution is 2.32. The normalized spacial score (nSPS) is 11.1. The quantitative estimate of drug-likeness (QED) is 0.340. The van der Waals surface area contributed by atoms with Gasteiger partial charge in [-0.25, -0.2) is 9.97 Å². The van der Waals surface area contributed by atoms with Gasteiger partial charge in [0.2, 0.25) is 11.9 Å². The Labute approximate surface area is 191 Å². The Balaban J connectivity index is 1.50. The van der Waals surface area contributed by atoms with Crippen LogP contribution in [0.3, 0.4) is 0 Å². The fourth-order valence-electron chi connectivity index (χ4n) is 3.47. The summed E-state index contributed by atoms with van der Waals surface area (Å²) < 4.78 is 0. The molecule has 0 spiro atoms. The molecule has 2 heterocycles. The lowest BCUT2D eigenvalue weighted by Crippen LogP contribution is -2.17. The summed E-state index contributed by atoms with van der Waals surface area (Å²) in [5.74, 6) is 0.414. The lowest BCUT2D eigenvalue weighted by atomic mass is 10.1. The molecule has 0 saturated carbocycles. The first-order valence-electron chi connectivity index (χ1n) is 10.4. The van der Waals surface area contributed by atoms with E-state index in [1.54, 1.807) is 6.20 Å². The second-order valence-electron chi connectivity index (χ2n) is 7.80. The van der Waals surface area contributed by atoms with Crippen LogP contribution in [0.15, 0.2) is 60.9 Å². The Bertz CT molecular complexity index is 1240. The second kappa shape index (κ2) is 9.80. The zero-order valence-corrected chi connectivity index (χ0v) is 18.8. The number of carbonyl (C=O) groups excluding carboxylic acids is 1. The Morgan fingerprint density at radius 3 is 2.78 bits per heavy atom. The molecule has 0 radical (unpaired) electrons. The molecule has 3 N–H and O–H groups in total. The van der Waals surface area contributed by atoms with E-state index in [0.29, 0.717) is 23.1 Å². The summed E-state index contributed by atoms with van der Waals surface area (Å²) in [6, 6.07) is 15.5. The van der Waals surface area contributed by atoms with Crippen molar-refractivity contribution in [1.82, 2.24) is 19.9 Å². The summed E-state index contributed by atoms with van der Waals surface area (Å²) >= 11 is 6.42. The van der Waals surface area contributed by atoms with Gasteiger partial charge in [-0.15, -0.1) is 0 Å². The van der Waals surface area contributed by atoms with Gasteiger partial charge in [0.25, 0.3) is 0 Å². The first kappa shape index (κ1) is 21.8. The number of amides is 1. The summed E-state index contributed by atoms with van der Waals surface area (Å²) in [6.07, 6.45) is 4.77. The van der Waals surface area contributed by atoms with Crippen LogP contribution in [-0.4, -0.2) is 46.4 Å². The van der Waals surface area contributed by atoms with E-state index in [4.69, 9.17) is 11.6 Å². The van der Waals surface area contributed by atoms with Crippen molar-refractivity contribution in [2.45, 2.75) is 12.8 Å². The van der Waals surface area contributed by atoms with Gasteiger partial charge in [-0.1, -0.05) is 35.9 Å². The van der Waals surface area contributed by atoms with Crippen molar-refractivity contribution in [2.75, 3.05) is 31.3 Å². The number of hydrogen-bond donors (Lipinski definition) is 3. The maximum absolute atomic E-state index is 12.2. The molecule has 0 fully saturated rings. The highest BCUT2D eigenvalue weighted by molar-refractivity contribution is 6.33. The van der Waals surface area contributed by atoms with Crippen LogP contribution in [0.1, 0.15) is 12.8 Å². The first-order valence-corrected chi connectivity index (χ1v) is 10.8. The van der Waals surface area contributed by atoms with Crippen molar-refractivity contribution in [3.05, 3.63) is 65.9 Å². The van der Waals surface area contributed by atoms with Gasteiger partial charge in [0, 0.05) is 40.5 Å². The standard InChI is InChI=1S/C24H25ClN6O/c1-31(2)12-6-11-22(32)28-16-7-5-8-17(13-16)29-24-27-15-20(25)23(30-24)19-14-26-21-10-4-3-9-18(19)21/h3-5,7-10,13-15,26H,6,11-12H2,1-2H3,(H,28,32)(H,27,29,30). The van der Waals surface area contributed by atoms with Gasteiger partial charge >= 0.3 is 0 Å². The molecule has 8 heteroatoms. The number of fused-ring (bicyclic) bond motifs is 1. The van der Waals surface area contributed by atoms with E-state index >= 15 is 0 Å². The molecule has 7 nitrogen and oxygen atoms in total. The van der Waals surface area contributed by atoms with Crippen molar-refractivity contribution >= 4 is 45.7 Å². The van der Waals surface area contributed by atoms with Gasteiger partial charge in [-0.3, -0.25) is 4.79 Å². The van der Waals surface area contributed by atoms with Crippen molar-refractivity contribution < 1.29 is 4.79 Å². The van der Waals surface area contributed by atoms with Gasteiger partial charge in [0.1, 0.15) is 0 Å². The summed E-state index contributed by atoms with van der Waals surface area (Å²) in [7, 11) is 3.99. The monoisotopic (exact) mass is 448 g/mol. The van der Waals surface area contributed by atoms with Crippen LogP contribution in [0.5, 0.6) is 0 Å². The predicted molar refractivity (Wildman–Crippen MR) is 130 cm³/mol. The van der Waals surface area contributed by atoms with Crippen molar-refractivity contribution in [1.29, 1.82) is 0 Å². The van der Waals surface area contributed by atoms with Crippen LogP contribution >= 0.6 is 11.6 Å². The number of rotatable bonds is 8. The number of para-hydroxylation sites is 1. The molecule has 2 aromatic heterocycles. The van der Waals surface area contributed by atoms with Gasteiger partial charge in [-0.2, -0.15) is 0 Å². The number of hydrogen-bond acceptors (Lipinski definition) is 5. The summed E-state index contributed by atoms with van der Waals surface area (Å²) in [4.78, 5) is 26.5. The average Bonchev–Trinajstić information content (AvgIpc) is 3.19. The van der Waals surface area contributed by atoms with Crippen LogP contribution in [0.2, 0.25) is 5.02 Å². The number of benzene rings is 2. The second-order valence-corrected chi connectivity index (χ2v) is 8.21. The maximum Gasteiger partial charge on any atom is 0.227 e. The molecule has 0 unspecified atom stereocenters. The molecule has 0 aliphatic heterocycles. The molecule has 0 saturated heterocycles. The van der Waals surface area contributed by atoms with Crippen molar-refractivity contribution in [3.8, 4) is 11.3 Å². The molecule has 0 bridgehead atoms. The molecule has 32 heavy (non-hydrogen) atoms. The third-order valence-corrected chi connectivity index (χ3v) is 5.28. The summed E-state index contributed by atoms with van der Waals surface area (Å²) in [5, 5.41) is 7.66. The molecule has 164 valence electrons. The Kier molecular flexibility index (Phi) is 6.68. The van der Waals surface area contributed by atoms with Crippen LogP contribution < -0.4 is 10.6 Å². The minimum atomic E-state index is -0.00614. The van der Waals surface area contributed by atoms with Gasteiger partial charge in [-0.05, 0) is 51.3 Å². The highest BCUT2D eigenvalue weighted by Gasteiger charge is 2.13. The maximum atomic E-state index is 12.2. The van der Waals surface area contributed by atoms with E-state index in [0.717, 1.165) is 40.8 Å². The van der Waals surface area contributed by atoms with E-state index in [1.165, 1.54) is 0 Å². The van der Waals surface area contributed by atoms with Crippen LogP contribution in [0.4, 0.5) is 17.3 Å². The van der Waals surface area contributed by atoms with Crippen LogP contribution in [0, 0.1) is 0 Å². The Morgan fingerprint density at radius 1 is 1.12 bits per heavy atom. The molecule has 0 aliphatic rings. The topological polar surface area (TPSA) is 85.9 Å². The minimum Gasteiger partial charge on any atom is -0.360 e. The predicted octanol–water partition coefficient (Wildman–Crippen LogP) is 5.30. The molecule has 4 rings (SSSR count). The third-order valence-electron chi connectivity index (χ3n) is 5.00. The first-order chi connectivity index (χ1) is 15.5. The Hall–Kier alpha value is -3.42. The number of nitrogens with zero attached hydrogens (tertiary/aromatic N) is 3. The zero-order valence-electron chi connectivity index (χ0n) is 18.0. The fourth-order valence-corrected chi connectivity index (χ4v) is 3.66. The molecule has 0 atom stereocenters. The molecule has 0 aliphatic carbocycles. The summed E-state index contributed by atoms with van der Waals surface area (Å²) in [6.45, 7) is 0.877. The number of aromatic nitrogens is 3. The third kappa shape index (κ3) is 5.25. The van der Waals surface area contributed by atoms with Crippen molar-refractivity contribution in [3.63, 3.8) is 0 Å². The Morgan fingerprint density at radius 2 is 1.94 bits per heavy atom. The van der Waals surface area contributed by atoms with E-state index in [1.807, 2.05) is 68.8 Å². The number of nitrogens with one attached hydrogen (secondary N) is 3. The van der Waals surface area contributed by atoms with E-state index in [2.05, 4.69) is 30.5 Å². The number of carbonyl (C=O) groups is 1. The average molecular weight is 449 g/mol. The van der Waals surface area contributed by atoms with E-state index in [9.17, 15) is 4.79 Å².